The lowest BCUT2D eigenvalue weighted by Gasteiger charge is -2.34. The lowest BCUT2D eigenvalue weighted by atomic mass is 9.96. The first-order valence-corrected chi connectivity index (χ1v) is 15.3. The smallest absolute Gasteiger partial charge is 0.229 e. The van der Waals surface area contributed by atoms with Crippen molar-refractivity contribution in [3.05, 3.63) is 6.33 Å². The van der Waals surface area contributed by atoms with Gasteiger partial charge in [0.2, 0.25) is 17.8 Å². The van der Waals surface area contributed by atoms with Crippen LogP contribution in [0.2, 0.25) is 0 Å². The quantitative estimate of drug-likeness (QED) is 0.402. The molecule has 1 atom stereocenters. The number of fused-ring (bicyclic) bond motifs is 1. The van der Waals surface area contributed by atoms with Crippen LogP contribution in [0.5, 0.6) is 0 Å². The minimum Gasteiger partial charge on any atom is -0.367 e. The van der Waals surface area contributed by atoms with Crippen LogP contribution in [0.3, 0.4) is 0 Å². The van der Waals surface area contributed by atoms with Crippen molar-refractivity contribution in [3.8, 4) is 0 Å². The Bertz CT molecular complexity index is 1140. The highest BCUT2D eigenvalue weighted by molar-refractivity contribution is 5.85. The summed E-state index contributed by atoms with van der Waals surface area (Å²) in [7, 11) is 0. The van der Waals surface area contributed by atoms with Gasteiger partial charge < -0.3 is 24.6 Å². The Labute approximate surface area is 239 Å². The van der Waals surface area contributed by atoms with Crippen LogP contribution in [0.4, 0.5) is 11.8 Å². The molecule has 2 aromatic heterocycles. The van der Waals surface area contributed by atoms with E-state index in [1.807, 2.05) is 34.5 Å². The van der Waals surface area contributed by atoms with E-state index in [9.17, 15) is 9.59 Å². The van der Waals surface area contributed by atoms with E-state index in [4.69, 9.17) is 15.0 Å². The van der Waals surface area contributed by atoms with Crippen LogP contribution in [-0.2, 0) is 16.1 Å². The van der Waals surface area contributed by atoms with Crippen molar-refractivity contribution in [1.29, 1.82) is 0 Å². The van der Waals surface area contributed by atoms with E-state index in [-0.39, 0.29) is 17.7 Å². The molecule has 11 nitrogen and oxygen atoms in total. The summed E-state index contributed by atoms with van der Waals surface area (Å²) in [6.07, 6.45) is 5.19. The third-order valence-electron chi connectivity index (χ3n) is 8.35. The maximum atomic E-state index is 13.2. The van der Waals surface area contributed by atoms with Crippen LogP contribution in [0.1, 0.15) is 67.2 Å². The largest absolute Gasteiger partial charge is 0.367 e. The zero-order valence-corrected chi connectivity index (χ0v) is 25.4. The average molecular weight is 556 g/mol. The number of amides is 2. The van der Waals surface area contributed by atoms with Gasteiger partial charge in [-0.3, -0.25) is 14.5 Å². The molecule has 0 aliphatic carbocycles. The Morgan fingerprint density at radius 1 is 1.07 bits per heavy atom. The number of rotatable bonds is 13. The topological polar surface area (TPSA) is 103 Å². The summed E-state index contributed by atoms with van der Waals surface area (Å²) < 4.78 is 2.04. The molecule has 2 saturated heterocycles. The molecule has 2 aliphatic heterocycles. The van der Waals surface area contributed by atoms with Gasteiger partial charge in [-0.1, -0.05) is 0 Å². The van der Waals surface area contributed by atoms with E-state index >= 15 is 0 Å². The van der Waals surface area contributed by atoms with E-state index in [1.165, 1.54) is 0 Å². The lowest BCUT2D eigenvalue weighted by molar-refractivity contribution is -0.135. The highest BCUT2D eigenvalue weighted by Gasteiger charge is 2.30. The molecule has 4 rings (SSSR count). The number of hydrogen-bond acceptors (Lipinski definition) is 8. The second-order valence-corrected chi connectivity index (χ2v) is 11.6. The highest BCUT2D eigenvalue weighted by Crippen LogP contribution is 2.27. The minimum atomic E-state index is -0.0545. The average Bonchev–Trinajstić information content (AvgIpc) is 3.55. The molecule has 2 aromatic rings. The fourth-order valence-electron chi connectivity index (χ4n) is 6.10. The molecule has 0 spiro atoms. The van der Waals surface area contributed by atoms with E-state index < -0.39 is 0 Å². The van der Waals surface area contributed by atoms with Crippen molar-refractivity contribution in [2.24, 2.45) is 5.92 Å². The molecule has 0 saturated carbocycles. The fraction of sp³-hybridized carbons (Fsp3) is 0.759. The molecule has 2 amide bonds. The van der Waals surface area contributed by atoms with Gasteiger partial charge >= 0.3 is 0 Å². The number of piperidine rings is 1. The summed E-state index contributed by atoms with van der Waals surface area (Å²) in [5.41, 5.74) is 1.51. The first kappa shape index (κ1) is 30.0. The van der Waals surface area contributed by atoms with Crippen LogP contribution in [0.15, 0.2) is 6.33 Å². The number of nitrogens with zero attached hydrogens (tertiary/aromatic N) is 8. The van der Waals surface area contributed by atoms with Gasteiger partial charge in [0.15, 0.2) is 17.0 Å². The lowest BCUT2D eigenvalue weighted by Crippen LogP contribution is -2.45. The molecular formula is C29H49N9O2. The van der Waals surface area contributed by atoms with Gasteiger partial charge in [0, 0.05) is 77.4 Å². The molecule has 0 radical (unpaired) electrons. The second kappa shape index (κ2) is 13.6. The summed E-state index contributed by atoms with van der Waals surface area (Å²) in [5, 5.41) is 3.56. The molecule has 4 heterocycles. The van der Waals surface area contributed by atoms with E-state index in [0.29, 0.717) is 44.1 Å². The molecule has 222 valence electrons. The molecular weight excluding hydrogens is 506 g/mol. The van der Waals surface area contributed by atoms with Gasteiger partial charge in [0.25, 0.3) is 0 Å². The van der Waals surface area contributed by atoms with E-state index in [0.717, 1.165) is 75.5 Å². The number of imidazole rings is 1. The molecule has 0 bridgehead atoms. The number of carbonyl (C=O) groups is 2. The molecule has 11 heteroatoms. The predicted molar refractivity (Wildman–Crippen MR) is 159 cm³/mol. The molecule has 1 N–H and O–H groups in total. The summed E-state index contributed by atoms with van der Waals surface area (Å²) in [5.74, 6) is 1.74. The maximum absolute atomic E-state index is 13.2. The first-order valence-electron chi connectivity index (χ1n) is 15.3. The Morgan fingerprint density at radius 2 is 1.82 bits per heavy atom. The van der Waals surface area contributed by atoms with Crippen molar-refractivity contribution < 1.29 is 9.59 Å². The zero-order valence-electron chi connectivity index (χ0n) is 25.4. The van der Waals surface area contributed by atoms with Crippen LogP contribution in [0, 0.1) is 5.92 Å². The van der Waals surface area contributed by atoms with Crippen LogP contribution >= 0.6 is 0 Å². The number of nitrogens with one attached hydrogen (secondary N) is 1. The Kier molecular flexibility index (Phi) is 10.2. The standard InChI is InChI=1S/C29H49N9O2/c1-7-34(8-2)28(40)23-11-9-15-36(19-23)29-32-26(30-13-16-38(21(3)4)22(5)6)25-27(33-29)37(20-31-25)18-17-35-14-10-12-24(35)39/h20-23H,7-19H2,1-6H3,(H,30,32,33). The number of anilines is 2. The predicted octanol–water partition coefficient (Wildman–Crippen LogP) is 3.06. The van der Waals surface area contributed by atoms with Crippen molar-refractivity contribution in [3.63, 3.8) is 0 Å². The Morgan fingerprint density at radius 3 is 2.48 bits per heavy atom. The van der Waals surface area contributed by atoms with Gasteiger partial charge in [0.1, 0.15) is 0 Å². The summed E-state index contributed by atoms with van der Waals surface area (Å²) >= 11 is 0. The highest BCUT2D eigenvalue weighted by atomic mass is 16.2. The first-order chi connectivity index (χ1) is 19.2. The fourth-order valence-corrected chi connectivity index (χ4v) is 6.10. The molecule has 2 fully saturated rings. The maximum Gasteiger partial charge on any atom is 0.229 e. The SMILES string of the molecule is CCN(CC)C(=O)C1CCCN(c2nc(NCCN(C(C)C)C(C)C)c3ncn(CCN4CCCC4=O)c3n2)C1. The zero-order chi connectivity index (χ0) is 28.8. The van der Waals surface area contributed by atoms with Gasteiger partial charge in [-0.05, 0) is 60.8 Å². The monoisotopic (exact) mass is 555 g/mol. The van der Waals surface area contributed by atoms with Crippen LogP contribution in [0.25, 0.3) is 11.2 Å². The normalized spacial score (nSPS) is 18.1. The van der Waals surface area contributed by atoms with Gasteiger partial charge in [-0.25, -0.2) is 4.98 Å². The summed E-state index contributed by atoms with van der Waals surface area (Å²) in [6, 6.07) is 0.896. The van der Waals surface area contributed by atoms with Crippen molar-refractivity contribution in [2.45, 2.75) is 85.9 Å². The molecule has 1 unspecified atom stereocenters. The van der Waals surface area contributed by atoms with E-state index in [1.54, 1.807) is 0 Å². The molecule has 0 aromatic carbocycles. The number of aromatic nitrogens is 4. The van der Waals surface area contributed by atoms with Crippen molar-refractivity contribution in [2.75, 3.05) is 62.6 Å². The van der Waals surface area contributed by atoms with Crippen LogP contribution in [-0.4, -0.2) is 110 Å². The van der Waals surface area contributed by atoms with E-state index in [2.05, 4.69) is 42.8 Å². The third kappa shape index (κ3) is 6.85. The minimum absolute atomic E-state index is 0.0545. The second-order valence-electron chi connectivity index (χ2n) is 11.6. The summed E-state index contributed by atoms with van der Waals surface area (Å²) in [4.78, 5) is 48.5. The summed E-state index contributed by atoms with van der Waals surface area (Å²) in [6.45, 7) is 19.6. The third-order valence-corrected chi connectivity index (χ3v) is 8.35. The number of carbonyl (C=O) groups excluding carboxylic acids is 2. The van der Waals surface area contributed by atoms with Gasteiger partial charge in [-0.2, -0.15) is 9.97 Å². The molecule has 40 heavy (non-hydrogen) atoms. The van der Waals surface area contributed by atoms with Crippen molar-refractivity contribution in [1.82, 2.24) is 34.2 Å². The Hall–Kier alpha value is -2.95. The number of hydrogen-bond donors (Lipinski definition) is 1. The van der Waals surface area contributed by atoms with Crippen molar-refractivity contribution >= 4 is 34.7 Å². The van der Waals surface area contributed by atoms with Gasteiger partial charge in [-0.15, -0.1) is 0 Å². The molecule has 2 aliphatic rings. The van der Waals surface area contributed by atoms with Crippen LogP contribution < -0.4 is 10.2 Å². The Balaban J connectivity index is 1.59. The van der Waals surface area contributed by atoms with Gasteiger partial charge in [0.05, 0.1) is 12.2 Å². The number of likely N-dealkylation sites (tertiary alicyclic amines) is 1.